The van der Waals surface area contributed by atoms with Crippen LogP contribution >= 0.6 is 0 Å². The van der Waals surface area contributed by atoms with Gasteiger partial charge in [0.25, 0.3) is 0 Å². The minimum atomic E-state index is -0.315. The van der Waals surface area contributed by atoms with Crippen LogP contribution in [0, 0.1) is 5.92 Å². The number of nitrogens with one attached hydrogen (secondary N) is 1. The Morgan fingerprint density at radius 3 is 2.81 bits per heavy atom. The molecule has 2 rings (SSSR count). The number of rotatable bonds is 6. The van der Waals surface area contributed by atoms with Crippen LogP contribution in [0.3, 0.4) is 0 Å². The van der Waals surface area contributed by atoms with E-state index in [1.165, 1.54) is 32.1 Å². The van der Waals surface area contributed by atoms with Gasteiger partial charge in [-0.3, -0.25) is 0 Å². The van der Waals surface area contributed by atoms with E-state index in [2.05, 4.69) is 5.32 Å². The molecule has 0 saturated heterocycles. The maximum absolute atomic E-state index is 12.0. The number of carbonyl (C=O) groups is 1. The lowest BCUT2D eigenvalue weighted by Gasteiger charge is -2.22. The molecule has 21 heavy (non-hydrogen) atoms. The highest BCUT2D eigenvalue weighted by molar-refractivity contribution is 5.96. The normalized spacial score (nSPS) is 15.7. The number of nitrogens with two attached hydrogens (primary N) is 1. The molecule has 1 aromatic rings. The Balaban J connectivity index is 1.93. The van der Waals surface area contributed by atoms with Crippen molar-refractivity contribution in [3.8, 4) is 0 Å². The molecule has 116 valence electrons. The second-order valence-electron chi connectivity index (χ2n) is 5.74. The number of esters is 1. The first-order valence-electron chi connectivity index (χ1n) is 8.01. The lowest BCUT2D eigenvalue weighted by Crippen LogP contribution is -2.15. The van der Waals surface area contributed by atoms with Gasteiger partial charge < -0.3 is 15.8 Å². The van der Waals surface area contributed by atoms with Gasteiger partial charge in [0, 0.05) is 17.9 Å². The smallest absolute Gasteiger partial charge is 0.340 e. The van der Waals surface area contributed by atoms with Crippen LogP contribution in [-0.4, -0.2) is 19.1 Å². The molecule has 0 bridgehead atoms. The van der Waals surface area contributed by atoms with E-state index in [-0.39, 0.29) is 5.97 Å². The Morgan fingerprint density at radius 1 is 1.33 bits per heavy atom. The summed E-state index contributed by atoms with van der Waals surface area (Å²) in [6, 6.07) is 5.36. The first-order chi connectivity index (χ1) is 10.2. The highest BCUT2D eigenvalue weighted by Crippen LogP contribution is 2.27. The third-order valence-corrected chi connectivity index (χ3v) is 4.13. The largest absolute Gasteiger partial charge is 0.462 e. The van der Waals surface area contributed by atoms with Crippen molar-refractivity contribution in [3.63, 3.8) is 0 Å². The molecule has 0 radical (unpaired) electrons. The third kappa shape index (κ3) is 4.66. The van der Waals surface area contributed by atoms with Crippen molar-refractivity contribution in [2.24, 2.45) is 5.92 Å². The number of carbonyl (C=O) groups excluding carboxylic acids is 1. The zero-order valence-electron chi connectivity index (χ0n) is 12.9. The fraction of sp³-hybridized carbons (Fsp3) is 0.588. The molecule has 1 aromatic carbocycles. The molecule has 1 aliphatic rings. The number of ether oxygens (including phenoxy) is 1. The van der Waals surface area contributed by atoms with Gasteiger partial charge in [0.05, 0.1) is 12.2 Å². The van der Waals surface area contributed by atoms with Gasteiger partial charge in [-0.2, -0.15) is 0 Å². The molecule has 3 N–H and O–H groups in total. The van der Waals surface area contributed by atoms with E-state index in [1.54, 1.807) is 13.0 Å². The van der Waals surface area contributed by atoms with Crippen molar-refractivity contribution in [1.29, 1.82) is 0 Å². The van der Waals surface area contributed by atoms with Crippen LogP contribution in [0.5, 0.6) is 0 Å². The molecule has 0 atom stereocenters. The summed E-state index contributed by atoms with van der Waals surface area (Å²) in [4.78, 5) is 12.0. The molecule has 0 aromatic heterocycles. The van der Waals surface area contributed by atoms with E-state index in [4.69, 9.17) is 10.5 Å². The van der Waals surface area contributed by atoms with Crippen LogP contribution in [0.1, 0.15) is 55.8 Å². The highest BCUT2D eigenvalue weighted by Gasteiger charge is 2.15. The fourth-order valence-electron chi connectivity index (χ4n) is 2.98. The summed E-state index contributed by atoms with van der Waals surface area (Å²) in [5, 5.41) is 3.37. The number of hydrogen-bond acceptors (Lipinski definition) is 4. The Bertz CT molecular complexity index is 468. The van der Waals surface area contributed by atoms with Crippen molar-refractivity contribution < 1.29 is 9.53 Å². The van der Waals surface area contributed by atoms with E-state index < -0.39 is 0 Å². The topological polar surface area (TPSA) is 64.3 Å². The lowest BCUT2D eigenvalue weighted by molar-refractivity contribution is 0.0527. The molecular weight excluding hydrogens is 264 g/mol. The molecular formula is C17H26N2O2. The van der Waals surface area contributed by atoms with Crippen LogP contribution in [0.2, 0.25) is 0 Å². The molecule has 1 saturated carbocycles. The zero-order valence-corrected chi connectivity index (χ0v) is 12.9. The van der Waals surface area contributed by atoms with Gasteiger partial charge in [-0.05, 0) is 37.5 Å². The minimum absolute atomic E-state index is 0.315. The summed E-state index contributed by atoms with van der Waals surface area (Å²) >= 11 is 0. The average molecular weight is 290 g/mol. The van der Waals surface area contributed by atoms with Crippen molar-refractivity contribution in [2.45, 2.75) is 45.4 Å². The van der Waals surface area contributed by atoms with Gasteiger partial charge in [0.2, 0.25) is 0 Å². The van der Waals surface area contributed by atoms with Crippen molar-refractivity contribution >= 4 is 17.3 Å². The van der Waals surface area contributed by atoms with Crippen LogP contribution < -0.4 is 11.1 Å². The van der Waals surface area contributed by atoms with Crippen LogP contribution in [0.15, 0.2) is 18.2 Å². The predicted octanol–water partition coefficient (Wildman–Crippen LogP) is 3.83. The standard InChI is InChI=1S/C17H26N2O2/c1-2-21-17(20)15-12-14(18)8-9-16(15)19-11-10-13-6-4-3-5-7-13/h8-9,12-13,19H,2-7,10-11,18H2,1H3. The second-order valence-corrected chi connectivity index (χ2v) is 5.74. The van der Waals surface area contributed by atoms with Crippen LogP contribution in [0.4, 0.5) is 11.4 Å². The Labute approximate surface area is 127 Å². The molecule has 0 unspecified atom stereocenters. The summed E-state index contributed by atoms with van der Waals surface area (Å²) in [5.41, 5.74) is 7.70. The molecule has 0 heterocycles. The first kappa shape index (κ1) is 15.7. The molecule has 1 fully saturated rings. The molecule has 4 nitrogen and oxygen atoms in total. The number of nitrogen functional groups attached to an aromatic ring is 1. The van der Waals surface area contributed by atoms with E-state index >= 15 is 0 Å². The minimum Gasteiger partial charge on any atom is -0.462 e. The summed E-state index contributed by atoms with van der Waals surface area (Å²) in [5.74, 6) is 0.510. The molecule has 0 spiro atoms. The van der Waals surface area contributed by atoms with E-state index in [1.807, 2.05) is 12.1 Å². The quantitative estimate of drug-likeness (QED) is 0.617. The van der Waals surface area contributed by atoms with Crippen LogP contribution in [0.25, 0.3) is 0 Å². The third-order valence-electron chi connectivity index (χ3n) is 4.13. The Morgan fingerprint density at radius 2 is 2.10 bits per heavy atom. The van der Waals surface area contributed by atoms with Gasteiger partial charge in [-0.1, -0.05) is 32.1 Å². The summed E-state index contributed by atoms with van der Waals surface area (Å²) in [6.45, 7) is 3.07. The summed E-state index contributed by atoms with van der Waals surface area (Å²) in [6.07, 6.45) is 7.95. The summed E-state index contributed by atoms with van der Waals surface area (Å²) < 4.78 is 5.09. The molecule has 1 aliphatic carbocycles. The monoisotopic (exact) mass is 290 g/mol. The van der Waals surface area contributed by atoms with E-state index in [0.29, 0.717) is 17.9 Å². The molecule has 4 heteroatoms. The Kier molecular flexibility index (Phi) is 5.90. The van der Waals surface area contributed by atoms with Gasteiger partial charge >= 0.3 is 5.97 Å². The fourth-order valence-corrected chi connectivity index (χ4v) is 2.98. The molecule has 0 amide bonds. The zero-order chi connectivity index (χ0) is 15.1. The second kappa shape index (κ2) is 7.91. The number of benzene rings is 1. The lowest BCUT2D eigenvalue weighted by atomic mass is 9.87. The Hall–Kier alpha value is -1.71. The number of hydrogen-bond donors (Lipinski definition) is 2. The first-order valence-corrected chi connectivity index (χ1v) is 8.01. The number of anilines is 2. The maximum atomic E-state index is 12.0. The maximum Gasteiger partial charge on any atom is 0.340 e. The van der Waals surface area contributed by atoms with Gasteiger partial charge in [0.1, 0.15) is 0 Å². The van der Waals surface area contributed by atoms with E-state index in [9.17, 15) is 4.79 Å². The van der Waals surface area contributed by atoms with Crippen LogP contribution in [-0.2, 0) is 4.74 Å². The SMILES string of the molecule is CCOC(=O)c1cc(N)ccc1NCCC1CCCCC1. The summed E-state index contributed by atoms with van der Waals surface area (Å²) in [7, 11) is 0. The van der Waals surface area contributed by atoms with Crippen molar-refractivity contribution in [2.75, 3.05) is 24.2 Å². The van der Waals surface area contributed by atoms with Gasteiger partial charge in [-0.15, -0.1) is 0 Å². The average Bonchev–Trinajstić information content (AvgIpc) is 2.50. The molecule has 0 aliphatic heterocycles. The highest BCUT2D eigenvalue weighted by atomic mass is 16.5. The van der Waals surface area contributed by atoms with Crippen molar-refractivity contribution in [1.82, 2.24) is 0 Å². The van der Waals surface area contributed by atoms with Gasteiger partial charge in [-0.25, -0.2) is 4.79 Å². The van der Waals surface area contributed by atoms with Crippen molar-refractivity contribution in [3.05, 3.63) is 23.8 Å². The van der Waals surface area contributed by atoms with E-state index in [0.717, 1.165) is 24.6 Å². The van der Waals surface area contributed by atoms with Gasteiger partial charge in [0.15, 0.2) is 0 Å². The predicted molar refractivity (Wildman–Crippen MR) is 86.5 cm³/mol.